The van der Waals surface area contributed by atoms with E-state index in [0.717, 1.165) is 5.69 Å². The van der Waals surface area contributed by atoms with Gasteiger partial charge in [0, 0.05) is 24.2 Å². The fourth-order valence-electron chi connectivity index (χ4n) is 2.31. The van der Waals surface area contributed by atoms with Gasteiger partial charge in [0.2, 0.25) is 0 Å². The predicted octanol–water partition coefficient (Wildman–Crippen LogP) is 3.44. The molecule has 0 aliphatic heterocycles. The second-order valence-electron chi connectivity index (χ2n) is 5.42. The lowest BCUT2D eigenvalue weighted by atomic mass is 9.86. The Morgan fingerprint density at radius 1 is 1.30 bits per heavy atom. The van der Waals surface area contributed by atoms with E-state index in [9.17, 15) is 9.50 Å². The van der Waals surface area contributed by atoms with Crippen molar-refractivity contribution >= 4 is 0 Å². The second kappa shape index (κ2) is 5.75. The fourth-order valence-corrected chi connectivity index (χ4v) is 2.31. The lowest BCUT2D eigenvalue weighted by molar-refractivity contribution is 0.0280. The van der Waals surface area contributed by atoms with Crippen molar-refractivity contribution in [3.63, 3.8) is 0 Å². The molecule has 20 heavy (non-hydrogen) atoms. The second-order valence-corrected chi connectivity index (χ2v) is 5.42. The number of rotatable bonds is 5. The van der Waals surface area contributed by atoms with Gasteiger partial charge in [-0.15, -0.1) is 0 Å². The summed E-state index contributed by atoms with van der Waals surface area (Å²) in [5.74, 6) is -0.375. The Bertz CT molecular complexity index is 579. The SMILES string of the molecule is CCC(O)(Cc1ccn(C(C)C)n1)c1ccccc1F. The van der Waals surface area contributed by atoms with E-state index < -0.39 is 5.60 Å². The molecule has 0 fully saturated rings. The van der Waals surface area contributed by atoms with Crippen molar-refractivity contribution in [1.82, 2.24) is 9.78 Å². The highest BCUT2D eigenvalue weighted by atomic mass is 19.1. The molecule has 2 aromatic rings. The molecule has 0 spiro atoms. The Labute approximate surface area is 119 Å². The molecular weight excluding hydrogens is 255 g/mol. The van der Waals surface area contributed by atoms with Crippen molar-refractivity contribution in [3.8, 4) is 0 Å². The topological polar surface area (TPSA) is 38.0 Å². The predicted molar refractivity (Wildman–Crippen MR) is 76.9 cm³/mol. The highest BCUT2D eigenvalue weighted by Gasteiger charge is 2.31. The fraction of sp³-hybridized carbons (Fsp3) is 0.438. The molecule has 4 heteroatoms. The third-order valence-electron chi connectivity index (χ3n) is 3.63. The molecular formula is C16H21FN2O. The van der Waals surface area contributed by atoms with E-state index in [1.54, 1.807) is 18.2 Å². The highest BCUT2D eigenvalue weighted by Crippen LogP contribution is 2.30. The van der Waals surface area contributed by atoms with Gasteiger partial charge in [-0.2, -0.15) is 5.10 Å². The zero-order valence-corrected chi connectivity index (χ0v) is 12.2. The van der Waals surface area contributed by atoms with E-state index in [1.165, 1.54) is 6.07 Å². The smallest absolute Gasteiger partial charge is 0.129 e. The standard InChI is InChI=1S/C16H21FN2O/c1-4-16(20,14-7-5-6-8-15(14)17)11-13-9-10-19(18-13)12(2)3/h5-10,12,20H,4,11H2,1-3H3. The van der Waals surface area contributed by atoms with Gasteiger partial charge in [0.25, 0.3) is 0 Å². The van der Waals surface area contributed by atoms with Crippen molar-refractivity contribution in [2.75, 3.05) is 0 Å². The zero-order chi connectivity index (χ0) is 14.8. The van der Waals surface area contributed by atoms with Gasteiger partial charge in [-0.3, -0.25) is 4.68 Å². The largest absolute Gasteiger partial charge is 0.385 e. The number of hydrogen-bond acceptors (Lipinski definition) is 2. The van der Waals surface area contributed by atoms with Crippen LogP contribution >= 0.6 is 0 Å². The van der Waals surface area contributed by atoms with E-state index in [-0.39, 0.29) is 11.9 Å². The van der Waals surface area contributed by atoms with Crippen LogP contribution in [0.25, 0.3) is 0 Å². The summed E-state index contributed by atoms with van der Waals surface area (Å²) in [7, 11) is 0. The minimum atomic E-state index is -1.22. The maximum atomic E-state index is 13.9. The minimum Gasteiger partial charge on any atom is -0.385 e. The number of hydrogen-bond donors (Lipinski definition) is 1. The van der Waals surface area contributed by atoms with Gasteiger partial charge >= 0.3 is 0 Å². The molecule has 0 bridgehead atoms. The van der Waals surface area contributed by atoms with Crippen LogP contribution in [0.5, 0.6) is 0 Å². The molecule has 1 aromatic carbocycles. The van der Waals surface area contributed by atoms with Crippen LogP contribution in [0, 0.1) is 5.82 Å². The Morgan fingerprint density at radius 2 is 2.00 bits per heavy atom. The molecule has 2 rings (SSSR count). The van der Waals surface area contributed by atoms with Crippen molar-refractivity contribution in [2.24, 2.45) is 0 Å². The summed E-state index contributed by atoms with van der Waals surface area (Å²) in [6.07, 6.45) is 2.63. The molecule has 0 amide bonds. The Balaban J connectivity index is 2.29. The molecule has 3 nitrogen and oxygen atoms in total. The van der Waals surface area contributed by atoms with Crippen molar-refractivity contribution in [3.05, 3.63) is 53.6 Å². The first-order valence-corrected chi connectivity index (χ1v) is 6.97. The molecule has 0 saturated carbocycles. The summed E-state index contributed by atoms with van der Waals surface area (Å²) >= 11 is 0. The minimum absolute atomic E-state index is 0.270. The van der Waals surface area contributed by atoms with E-state index in [0.29, 0.717) is 18.4 Å². The first-order chi connectivity index (χ1) is 9.46. The summed E-state index contributed by atoms with van der Waals surface area (Å²) < 4.78 is 15.8. The molecule has 1 heterocycles. The van der Waals surface area contributed by atoms with Crippen molar-refractivity contribution in [2.45, 2.75) is 45.3 Å². The highest BCUT2D eigenvalue weighted by molar-refractivity contribution is 5.26. The Hall–Kier alpha value is -1.68. The van der Waals surface area contributed by atoms with Gasteiger partial charge in [0.05, 0.1) is 11.3 Å². The average Bonchev–Trinajstić information content (AvgIpc) is 2.87. The average molecular weight is 276 g/mol. The lowest BCUT2D eigenvalue weighted by Crippen LogP contribution is -2.29. The summed E-state index contributed by atoms with van der Waals surface area (Å²) in [5.41, 5.74) is -0.116. The van der Waals surface area contributed by atoms with Crippen LogP contribution in [-0.4, -0.2) is 14.9 Å². The number of aliphatic hydroxyl groups is 1. The number of nitrogens with zero attached hydrogens (tertiary/aromatic N) is 2. The molecule has 1 atom stereocenters. The third kappa shape index (κ3) is 2.90. The normalized spacial score (nSPS) is 14.5. The van der Waals surface area contributed by atoms with Crippen LogP contribution in [0.3, 0.4) is 0 Å². The summed E-state index contributed by atoms with van der Waals surface area (Å²) in [6, 6.07) is 8.53. The van der Waals surface area contributed by atoms with Gasteiger partial charge in [-0.1, -0.05) is 25.1 Å². The number of aromatic nitrogens is 2. The summed E-state index contributed by atoms with van der Waals surface area (Å²) in [5, 5.41) is 15.2. The zero-order valence-electron chi connectivity index (χ0n) is 12.2. The van der Waals surface area contributed by atoms with Crippen molar-refractivity contribution in [1.29, 1.82) is 0 Å². The van der Waals surface area contributed by atoms with Gasteiger partial charge in [-0.05, 0) is 32.4 Å². The Kier molecular flexibility index (Phi) is 4.23. The first kappa shape index (κ1) is 14.7. The van der Waals surface area contributed by atoms with Gasteiger partial charge in [0.1, 0.15) is 5.82 Å². The molecule has 0 aliphatic carbocycles. The van der Waals surface area contributed by atoms with Crippen LogP contribution in [-0.2, 0) is 12.0 Å². The van der Waals surface area contributed by atoms with Crippen LogP contribution in [0.15, 0.2) is 36.5 Å². The number of benzene rings is 1. The number of halogens is 1. The van der Waals surface area contributed by atoms with E-state index in [2.05, 4.69) is 5.10 Å². The van der Waals surface area contributed by atoms with Crippen LogP contribution in [0.2, 0.25) is 0 Å². The van der Waals surface area contributed by atoms with Gasteiger partial charge < -0.3 is 5.11 Å². The van der Waals surface area contributed by atoms with E-state index in [4.69, 9.17) is 0 Å². The third-order valence-corrected chi connectivity index (χ3v) is 3.63. The van der Waals surface area contributed by atoms with Gasteiger partial charge in [-0.25, -0.2) is 4.39 Å². The van der Waals surface area contributed by atoms with Crippen LogP contribution in [0.1, 0.15) is 44.5 Å². The lowest BCUT2D eigenvalue weighted by Gasteiger charge is -2.27. The molecule has 1 aromatic heterocycles. The maximum Gasteiger partial charge on any atom is 0.129 e. The molecule has 0 saturated heterocycles. The maximum absolute atomic E-state index is 13.9. The van der Waals surface area contributed by atoms with E-state index in [1.807, 2.05) is 37.7 Å². The molecule has 108 valence electrons. The molecule has 1 unspecified atom stereocenters. The summed E-state index contributed by atoms with van der Waals surface area (Å²) in [6.45, 7) is 5.94. The molecule has 0 radical (unpaired) electrons. The van der Waals surface area contributed by atoms with Crippen LogP contribution < -0.4 is 0 Å². The van der Waals surface area contributed by atoms with E-state index >= 15 is 0 Å². The quantitative estimate of drug-likeness (QED) is 0.908. The molecule has 0 aliphatic rings. The monoisotopic (exact) mass is 276 g/mol. The first-order valence-electron chi connectivity index (χ1n) is 6.97. The van der Waals surface area contributed by atoms with Crippen LogP contribution in [0.4, 0.5) is 4.39 Å². The Morgan fingerprint density at radius 3 is 2.55 bits per heavy atom. The van der Waals surface area contributed by atoms with Gasteiger partial charge in [0.15, 0.2) is 0 Å². The molecule has 1 N–H and O–H groups in total. The van der Waals surface area contributed by atoms with Crippen molar-refractivity contribution < 1.29 is 9.50 Å². The summed E-state index contributed by atoms with van der Waals surface area (Å²) in [4.78, 5) is 0.